The number of carbonyl (C=O) groups is 1. The van der Waals surface area contributed by atoms with E-state index in [1.807, 2.05) is 0 Å². The van der Waals surface area contributed by atoms with Gasteiger partial charge in [-0.05, 0) is 68.4 Å². The van der Waals surface area contributed by atoms with Gasteiger partial charge in [-0.1, -0.05) is 20.1 Å². The Morgan fingerprint density at radius 2 is 1.58 bits per heavy atom. The number of hydrogen-bond acceptors (Lipinski definition) is 12. The van der Waals surface area contributed by atoms with Crippen molar-refractivity contribution in [2.45, 2.75) is 194 Å². The van der Waals surface area contributed by atoms with Gasteiger partial charge in [-0.15, -0.1) is 0 Å². The smallest absolute Gasteiger partial charge is 0.172 e. The molecule has 0 amide bonds. The van der Waals surface area contributed by atoms with Gasteiger partial charge in [-0.2, -0.15) is 0 Å². The first-order chi connectivity index (χ1) is 25.6. The molecule has 3 N–H and O–H groups in total. The molecule has 12 nitrogen and oxygen atoms in total. The number of carbonyl (C=O) groups excluding carboxylic acids is 1. The number of aliphatic hydroxyl groups is 1. The van der Waals surface area contributed by atoms with Crippen molar-refractivity contribution < 1.29 is 52.5 Å². The average molecular weight is 746 g/mol. The molecular formula is C41H63NO11. The van der Waals surface area contributed by atoms with Crippen LogP contribution in [0.5, 0.6) is 0 Å². The molecule has 0 aromatic carbocycles. The molecule has 9 aliphatic rings. The highest BCUT2D eigenvalue weighted by molar-refractivity contribution is 5.79. The minimum atomic E-state index is -0.807. The molecule has 53 heavy (non-hydrogen) atoms. The quantitative estimate of drug-likeness (QED) is 0.391. The fraction of sp³-hybridized carbons (Fsp3) is 0.878. The van der Waals surface area contributed by atoms with Crippen molar-refractivity contribution in [3.05, 3.63) is 24.3 Å². The Balaban J connectivity index is 1.07. The Morgan fingerprint density at radius 3 is 2.38 bits per heavy atom. The van der Waals surface area contributed by atoms with Crippen molar-refractivity contribution in [2.75, 3.05) is 20.8 Å². The lowest BCUT2D eigenvalue weighted by atomic mass is 9.81. The third-order valence-corrected chi connectivity index (χ3v) is 13.9. The topological polar surface area (TPSA) is 146 Å². The summed E-state index contributed by atoms with van der Waals surface area (Å²) in [5.41, 5.74) is 8.01. The van der Waals surface area contributed by atoms with Crippen molar-refractivity contribution in [1.82, 2.24) is 0 Å². The zero-order valence-corrected chi connectivity index (χ0v) is 31.9. The van der Waals surface area contributed by atoms with Crippen LogP contribution in [0.15, 0.2) is 24.3 Å². The predicted molar refractivity (Wildman–Crippen MR) is 193 cm³/mol. The number of aliphatic hydroxyl groups excluding tert-OH is 1. The Morgan fingerprint density at radius 1 is 0.811 bits per heavy atom. The monoisotopic (exact) mass is 745 g/mol. The van der Waals surface area contributed by atoms with E-state index in [0.717, 1.165) is 62.5 Å². The molecule has 0 aliphatic carbocycles. The van der Waals surface area contributed by atoms with E-state index in [2.05, 4.69) is 20.1 Å². The Bertz CT molecular complexity index is 1350. The summed E-state index contributed by atoms with van der Waals surface area (Å²) in [6, 6.07) is 0. The van der Waals surface area contributed by atoms with E-state index in [1.54, 1.807) is 14.2 Å². The number of Topliss-reactive ketones (excluding diaryl/α,β-unsaturated/α-hetero) is 1. The second kappa shape index (κ2) is 15.9. The molecule has 9 fully saturated rings. The summed E-state index contributed by atoms with van der Waals surface area (Å²) in [6.07, 6.45) is 5.81. The van der Waals surface area contributed by atoms with E-state index in [-0.39, 0.29) is 110 Å². The summed E-state index contributed by atoms with van der Waals surface area (Å²) in [4.78, 5) is 14.1. The maximum absolute atomic E-state index is 14.1. The molecule has 12 heteroatoms. The number of fused-ring (bicyclic) bond motifs is 7. The maximum Gasteiger partial charge on any atom is 0.172 e. The van der Waals surface area contributed by atoms with Crippen molar-refractivity contribution in [3.63, 3.8) is 0 Å². The Labute approximate surface area is 314 Å². The second-order valence-electron chi connectivity index (χ2n) is 17.4. The van der Waals surface area contributed by atoms with Crippen molar-refractivity contribution in [2.24, 2.45) is 17.6 Å². The van der Waals surface area contributed by atoms with Crippen LogP contribution in [0.4, 0.5) is 0 Å². The van der Waals surface area contributed by atoms with E-state index >= 15 is 0 Å². The second-order valence-corrected chi connectivity index (χ2v) is 17.4. The van der Waals surface area contributed by atoms with Crippen LogP contribution in [0.3, 0.4) is 0 Å². The van der Waals surface area contributed by atoms with Gasteiger partial charge in [0.2, 0.25) is 0 Å². The standard InChI is InChI=1S/C41H63NO11/c1-21-13-27-9-10-30-22(2)14-28(47-30)11-12-41-19-35-38(53-41)39(46-5)40(51-35)37(52-41)31-8-6-7-26(48-31)15-24(43)16-29-33(18-32(49-27)23(21)3)50-34(36(29)45-4)17-25(44)20-42/h21,25-40,44H,2-3,6-20,42H2,1,4-5H3/t21-,25?,26?,27+,28?,29?,30?,31+,32?,33?,34?,35-,36-,37?,38?,39+,40?,41-/m1/s1. The molecule has 1 spiro atoms. The molecule has 18 atom stereocenters. The van der Waals surface area contributed by atoms with Gasteiger partial charge in [0, 0.05) is 65.2 Å². The summed E-state index contributed by atoms with van der Waals surface area (Å²) in [6.45, 7) is 11.3. The van der Waals surface area contributed by atoms with Crippen LogP contribution in [0.2, 0.25) is 0 Å². The minimum absolute atomic E-state index is 0.0229. The molecular weight excluding hydrogens is 682 g/mol. The summed E-state index contributed by atoms with van der Waals surface area (Å²) in [7, 11) is 3.38. The van der Waals surface area contributed by atoms with E-state index in [9.17, 15) is 9.90 Å². The van der Waals surface area contributed by atoms with Crippen LogP contribution < -0.4 is 5.73 Å². The summed E-state index contributed by atoms with van der Waals surface area (Å²) >= 11 is 0. The minimum Gasteiger partial charge on any atom is -0.392 e. The predicted octanol–water partition coefficient (Wildman–Crippen LogP) is 4.08. The van der Waals surface area contributed by atoms with Crippen LogP contribution in [0.1, 0.15) is 96.8 Å². The molecule has 9 rings (SSSR count). The van der Waals surface area contributed by atoms with Gasteiger partial charge in [0.15, 0.2) is 5.79 Å². The van der Waals surface area contributed by atoms with Crippen LogP contribution in [0.25, 0.3) is 0 Å². The number of ketones is 1. The van der Waals surface area contributed by atoms with Gasteiger partial charge in [-0.3, -0.25) is 4.79 Å². The molecule has 11 unspecified atom stereocenters. The van der Waals surface area contributed by atoms with E-state index < -0.39 is 18.0 Å². The molecule has 0 radical (unpaired) electrons. The van der Waals surface area contributed by atoms with Gasteiger partial charge in [0.05, 0.1) is 67.1 Å². The lowest BCUT2D eigenvalue weighted by Gasteiger charge is -2.40. The zero-order valence-electron chi connectivity index (χ0n) is 31.9. The highest BCUT2D eigenvalue weighted by Gasteiger charge is 2.65. The lowest BCUT2D eigenvalue weighted by molar-refractivity contribution is -0.275. The van der Waals surface area contributed by atoms with E-state index in [0.29, 0.717) is 32.1 Å². The van der Waals surface area contributed by atoms with Gasteiger partial charge < -0.3 is 53.5 Å². The molecule has 0 aromatic rings. The average Bonchev–Trinajstić information content (AvgIpc) is 3.80. The van der Waals surface area contributed by atoms with Crippen LogP contribution in [-0.2, 0) is 47.4 Å². The van der Waals surface area contributed by atoms with Crippen LogP contribution in [0, 0.1) is 11.8 Å². The number of nitrogens with two attached hydrogens (primary N) is 1. The lowest BCUT2D eigenvalue weighted by Crippen LogP contribution is -2.50. The van der Waals surface area contributed by atoms with Crippen LogP contribution in [-0.4, -0.2) is 129 Å². The van der Waals surface area contributed by atoms with E-state index in [4.69, 9.17) is 48.4 Å². The summed E-state index contributed by atoms with van der Waals surface area (Å²) in [5.74, 6) is -0.641. The van der Waals surface area contributed by atoms with Gasteiger partial charge >= 0.3 is 0 Å². The van der Waals surface area contributed by atoms with Gasteiger partial charge in [-0.25, -0.2) is 0 Å². The first-order valence-electron chi connectivity index (χ1n) is 20.5. The first-order valence-corrected chi connectivity index (χ1v) is 20.5. The molecule has 9 aliphatic heterocycles. The third kappa shape index (κ3) is 7.74. The molecule has 0 saturated carbocycles. The fourth-order valence-electron chi connectivity index (χ4n) is 11.1. The molecule has 9 heterocycles. The molecule has 11 bridgehead atoms. The highest BCUT2D eigenvalue weighted by atomic mass is 16.8. The molecule has 0 aromatic heterocycles. The number of hydrogen-bond donors (Lipinski definition) is 2. The SMILES string of the molecule is C=C1CC2CC[C@@]34C[C@H]5OC(C(O3)[C@@H]3CCCC(CC(=O)CC6C(CC7O[C@@H](CCC1O2)C[C@@H](C)C7=C)OC(CC(O)CN)[C@@H]6OC)O3)[C@@H](OC)C5O4. The Hall–Kier alpha value is -1.29. The summed E-state index contributed by atoms with van der Waals surface area (Å²) in [5, 5.41) is 10.5. The largest absolute Gasteiger partial charge is 0.392 e. The maximum atomic E-state index is 14.1. The van der Waals surface area contributed by atoms with Crippen molar-refractivity contribution in [3.8, 4) is 0 Å². The Kier molecular flexibility index (Phi) is 11.6. The number of methoxy groups -OCH3 is 2. The number of ether oxygens (including phenoxy) is 9. The number of rotatable bonds is 5. The van der Waals surface area contributed by atoms with Crippen molar-refractivity contribution >= 4 is 5.78 Å². The van der Waals surface area contributed by atoms with Gasteiger partial charge in [0.25, 0.3) is 0 Å². The fourth-order valence-corrected chi connectivity index (χ4v) is 11.1. The molecule has 298 valence electrons. The third-order valence-electron chi connectivity index (χ3n) is 13.9. The summed E-state index contributed by atoms with van der Waals surface area (Å²) < 4.78 is 59.5. The normalized spacial score (nSPS) is 49.6. The van der Waals surface area contributed by atoms with Crippen molar-refractivity contribution in [1.29, 1.82) is 0 Å². The zero-order chi connectivity index (χ0) is 37.0. The highest BCUT2D eigenvalue weighted by Crippen LogP contribution is 2.52. The van der Waals surface area contributed by atoms with E-state index in [1.165, 1.54) is 0 Å². The first kappa shape index (κ1) is 38.6. The van der Waals surface area contributed by atoms with Crippen LogP contribution >= 0.6 is 0 Å². The van der Waals surface area contributed by atoms with Gasteiger partial charge in [0.1, 0.15) is 30.2 Å². The molecule has 9 saturated heterocycles.